The van der Waals surface area contributed by atoms with E-state index in [0.29, 0.717) is 23.8 Å². The molecule has 6 heteroatoms. The molecule has 3 aromatic rings. The van der Waals surface area contributed by atoms with Crippen molar-refractivity contribution in [2.75, 3.05) is 11.9 Å². The van der Waals surface area contributed by atoms with Gasteiger partial charge < -0.3 is 10.1 Å². The number of hydrogen-bond acceptors (Lipinski definition) is 3. The summed E-state index contributed by atoms with van der Waals surface area (Å²) in [6, 6.07) is 19.3. The summed E-state index contributed by atoms with van der Waals surface area (Å²) in [5.74, 6) is 0.753. The van der Waals surface area contributed by atoms with E-state index in [9.17, 15) is 4.79 Å². The predicted molar refractivity (Wildman–Crippen MR) is 127 cm³/mol. The van der Waals surface area contributed by atoms with Gasteiger partial charge in [-0.05, 0) is 54.2 Å². The lowest BCUT2D eigenvalue weighted by Crippen LogP contribution is -2.34. The molecule has 2 N–H and O–H groups in total. The van der Waals surface area contributed by atoms with Crippen LogP contribution >= 0.6 is 28.1 Å². The van der Waals surface area contributed by atoms with Gasteiger partial charge >= 0.3 is 0 Å². The maximum absolute atomic E-state index is 12.8. The van der Waals surface area contributed by atoms with Crippen LogP contribution in [-0.2, 0) is 0 Å². The van der Waals surface area contributed by atoms with Gasteiger partial charge in [-0.3, -0.25) is 10.1 Å². The molecule has 0 aliphatic rings. The van der Waals surface area contributed by atoms with Crippen LogP contribution in [0.4, 0.5) is 5.69 Å². The van der Waals surface area contributed by atoms with Gasteiger partial charge in [0.05, 0.1) is 12.2 Å². The van der Waals surface area contributed by atoms with Crippen LogP contribution in [0, 0.1) is 5.92 Å². The normalized spacial score (nSPS) is 10.8. The van der Waals surface area contributed by atoms with Crippen molar-refractivity contribution < 1.29 is 9.53 Å². The van der Waals surface area contributed by atoms with E-state index in [4.69, 9.17) is 17.0 Å². The van der Waals surface area contributed by atoms with Crippen LogP contribution in [0.3, 0.4) is 0 Å². The maximum Gasteiger partial charge on any atom is 0.261 e. The molecule has 29 heavy (non-hydrogen) atoms. The molecular formula is C23H23BrN2O2S. The lowest BCUT2D eigenvalue weighted by atomic mass is 10.1. The van der Waals surface area contributed by atoms with Crippen LogP contribution in [0.25, 0.3) is 10.8 Å². The second-order valence-electron chi connectivity index (χ2n) is 7.11. The Balaban J connectivity index is 1.72. The van der Waals surface area contributed by atoms with Gasteiger partial charge in [0.25, 0.3) is 5.91 Å². The van der Waals surface area contributed by atoms with Gasteiger partial charge in [0.15, 0.2) is 5.11 Å². The third kappa shape index (κ3) is 5.78. The second-order valence-corrected chi connectivity index (χ2v) is 8.43. The highest BCUT2D eigenvalue weighted by Crippen LogP contribution is 2.25. The minimum atomic E-state index is -0.316. The number of fused-ring (bicyclic) bond motifs is 1. The zero-order valence-electron chi connectivity index (χ0n) is 16.4. The lowest BCUT2D eigenvalue weighted by Gasteiger charge is -2.15. The number of ether oxygens (including phenoxy) is 1. The first kappa shape index (κ1) is 21.3. The van der Waals surface area contributed by atoms with Gasteiger partial charge in [-0.2, -0.15) is 0 Å². The number of carbonyl (C=O) groups is 1. The molecule has 1 amide bonds. The first-order chi connectivity index (χ1) is 13.9. The summed E-state index contributed by atoms with van der Waals surface area (Å²) in [7, 11) is 0. The van der Waals surface area contributed by atoms with Crippen LogP contribution in [0.1, 0.15) is 30.6 Å². The van der Waals surface area contributed by atoms with Crippen molar-refractivity contribution in [2.24, 2.45) is 5.92 Å². The highest BCUT2D eigenvalue weighted by molar-refractivity contribution is 9.10. The van der Waals surface area contributed by atoms with Crippen molar-refractivity contribution >= 4 is 55.6 Å². The van der Waals surface area contributed by atoms with Gasteiger partial charge in [0, 0.05) is 15.5 Å². The molecule has 0 bridgehead atoms. The number of nitrogens with one attached hydrogen (secondary N) is 2. The van der Waals surface area contributed by atoms with Crippen LogP contribution in [-0.4, -0.2) is 17.6 Å². The van der Waals surface area contributed by atoms with Gasteiger partial charge in [-0.1, -0.05) is 66.2 Å². The summed E-state index contributed by atoms with van der Waals surface area (Å²) in [5.41, 5.74) is 1.28. The fourth-order valence-corrected chi connectivity index (χ4v) is 3.43. The molecule has 3 rings (SSSR count). The molecule has 0 saturated carbocycles. The van der Waals surface area contributed by atoms with E-state index in [1.807, 2.05) is 48.5 Å². The standard InChI is InChI=1S/C23H23BrN2O2S/c1-15(2)12-13-28-21-11-10-17(24)14-19(21)22(27)26-23(29)25-20-9-5-7-16-6-3-4-8-18(16)20/h3-11,14-15H,12-13H2,1-2H3,(H2,25,26,27,29). The van der Waals surface area contributed by atoms with Crippen molar-refractivity contribution in [3.05, 3.63) is 70.7 Å². The summed E-state index contributed by atoms with van der Waals surface area (Å²) >= 11 is 8.80. The quantitative estimate of drug-likeness (QED) is 0.423. The first-order valence-corrected chi connectivity index (χ1v) is 10.7. The van der Waals surface area contributed by atoms with Crippen molar-refractivity contribution in [2.45, 2.75) is 20.3 Å². The molecule has 0 aromatic heterocycles. The number of halogens is 1. The van der Waals surface area contributed by atoms with E-state index < -0.39 is 0 Å². The van der Waals surface area contributed by atoms with E-state index in [1.54, 1.807) is 12.1 Å². The molecular weight excluding hydrogens is 448 g/mol. The molecule has 150 valence electrons. The number of benzene rings is 3. The highest BCUT2D eigenvalue weighted by atomic mass is 79.9. The van der Waals surface area contributed by atoms with Gasteiger partial charge in [0.2, 0.25) is 0 Å². The Bertz CT molecular complexity index is 1030. The number of carbonyl (C=O) groups excluding carboxylic acids is 1. The summed E-state index contributed by atoms with van der Waals surface area (Å²) < 4.78 is 6.63. The molecule has 0 radical (unpaired) electrons. The van der Waals surface area contributed by atoms with Crippen molar-refractivity contribution in [1.82, 2.24) is 5.32 Å². The second kappa shape index (κ2) is 9.85. The Kier molecular flexibility index (Phi) is 7.23. The van der Waals surface area contributed by atoms with Crippen LogP contribution < -0.4 is 15.4 Å². The largest absolute Gasteiger partial charge is 0.493 e. The van der Waals surface area contributed by atoms with Crippen molar-refractivity contribution in [1.29, 1.82) is 0 Å². The molecule has 0 spiro atoms. The predicted octanol–water partition coefficient (Wildman–Crippen LogP) is 6.15. The van der Waals surface area contributed by atoms with E-state index in [2.05, 4.69) is 40.4 Å². The third-order valence-electron chi connectivity index (χ3n) is 4.40. The first-order valence-electron chi connectivity index (χ1n) is 9.46. The van der Waals surface area contributed by atoms with Gasteiger partial charge in [0.1, 0.15) is 5.75 Å². The molecule has 0 unspecified atom stereocenters. The van der Waals surface area contributed by atoms with E-state index in [1.165, 1.54) is 0 Å². The zero-order valence-corrected chi connectivity index (χ0v) is 18.8. The molecule has 0 atom stereocenters. The third-order valence-corrected chi connectivity index (χ3v) is 5.10. The maximum atomic E-state index is 12.8. The highest BCUT2D eigenvalue weighted by Gasteiger charge is 2.15. The number of amides is 1. The van der Waals surface area contributed by atoms with Crippen LogP contribution in [0.2, 0.25) is 0 Å². The lowest BCUT2D eigenvalue weighted by molar-refractivity contribution is 0.0973. The Labute approximate surface area is 184 Å². The fourth-order valence-electron chi connectivity index (χ4n) is 2.87. The van der Waals surface area contributed by atoms with Crippen LogP contribution in [0.15, 0.2) is 65.1 Å². The Morgan fingerprint density at radius 3 is 2.66 bits per heavy atom. The monoisotopic (exact) mass is 470 g/mol. The fraction of sp³-hybridized carbons (Fsp3) is 0.217. The van der Waals surface area contributed by atoms with Crippen LogP contribution in [0.5, 0.6) is 5.75 Å². The zero-order chi connectivity index (χ0) is 20.8. The summed E-state index contributed by atoms with van der Waals surface area (Å²) in [6.45, 7) is 4.82. The van der Waals surface area contributed by atoms with E-state index in [0.717, 1.165) is 27.4 Å². The Hall–Kier alpha value is -2.44. The summed E-state index contributed by atoms with van der Waals surface area (Å²) in [5, 5.41) is 8.25. The number of anilines is 1. The SMILES string of the molecule is CC(C)CCOc1ccc(Br)cc1C(=O)NC(=S)Nc1cccc2ccccc12. The average Bonchev–Trinajstić information content (AvgIpc) is 2.69. The Morgan fingerprint density at radius 2 is 1.86 bits per heavy atom. The number of thiocarbonyl (C=S) groups is 1. The summed E-state index contributed by atoms with van der Waals surface area (Å²) in [4.78, 5) is 12.8. The van der Waals surface area contributed by atoms with Crippen molar-refractivity contribution in [3.8, 4) is 5.75 Å². The van der Waals surface area contributed by atoms with Gasteiger partial charge in [-0.15, -0.1) is 0 Å². The molecule has 0 aliphatic carbocycles. The average molecular weight is 471 g/mol. The Morgan fingerprint density at radius 1 is 1.10 bits per heavy atom. The van der Waals surface area contributed by atoms with E-state index >= 15 is 0 Å². The van der Waals surface area contributed by atoms with Gasteiger partial charge in [-0.25, -0.2) is 0 Å². The minimum absolute atomic E-state index is 0.236. The number of rotatable bonds is 6. The molecule has 3 aromatic carbocycles. The summed E-state index contributed by atoms with van der Waals surface area (Å²) in [6.07, 6.45) is 0.915. The topological polar surface area (TPSA) is 50.4 Å². The molecule has 0 fully saturated rings. The molecule has 0 aliphatic heterocycles. The van der Waals surface area contributed by atoms with E-state index in [-0.39, 0.29) is 11.0 Å². The number of hydrogen-bond donors (Lipinski definition) is 2. The van der Waals surface area contributed by atoms with Crippen molar-refractivity contribution in [3.63, 3.8) is 0 Å². The smallest absolute Gasteiger partial charge is 0.261 e. The molecule has 0 saturated heterocycles. The minimum Gasteiger partial charge on any atom is -0.493 e. The molecule has 4 nitrogen and oxygen atoms in total. The molecule has 0 heterocycles.